The molecule has 4 amide bonds. The molecule has 2 atom stereocenters. The maximum atomic E-state index is 12.8. The fraction of sp³-hybridized carbons (Fsp3) is 0.571. The number of rotatable bonds is 3. The fourth-order valence-corrected chi connectivity index (χ4v) is 4.58. The van der Waals surface area contributed by atoms with E-state index in [-0.39, 0.29) is 24.0 Å². The van der Waals surface area contributed by atoms with E-state index in [1.165, 1.54) is 5.56 Å². The first-order valence-corrected chi connectivity index (χ1v) is 10.2. The number of carbonyl (C=O) groups excluding carboxylic acids is 3. The van der Waals surface area contributed by atoms with Crippen molar-refractivity contribution < 1.29 is 19.1 Å². The lowest BCUT2D eigenvalue weighted by Crippen LogP contribution is -2.55. The zero-order valence-electron chi connectivity index (χ0n) is 16.9. The van der Waals surface area contributed by atoms with Crippen molar-refractivity contribution in [2.75, 3.05) is 26.2 Å². The van der Waals surface area contributed by atoms with Gasteiger partial charge >= 0.3 is 6.03 Å². The molecule has 3 aliphatic rings. The van der Waals surface area contributed by atoms with Crippen molar-refractivity contribution in [2.45, 2.75) is 51.0 Å². The SMILES string of the molecule is C[C@H]1CN(Cc2ccc(C(=O)N3CCC4(CC3)NC(=O)NC4=O)cc2)C[C@H](C)O1. The summed E-state index contributed by atoms with van der Waals surface area (Å²) in [6.45, 7) is 7.72. The predicted octanol–water partition coefficient (Wildman–Crippen LogP) is 1.11. The normalized spacial score (nSPS) is 27.0. The zero-order chi connectivity index (χ0) is 20.6. The molecule has 3 aliphatic heterocycles. The molecule has 3 heterocycles. The van der Waals surface area contributed by atoms with Crippen molar-refractivity contribution >= 4 is 17.8 Å². The highest BCUT2D eigenvalue weighted by molar-refractivity contribution is 6.07. The number of hydrogen-bond donors (Lipinski definition) is 2. The van der Waals surface area contributed by atoms with Crippen LogP contribution in [0.3, 0.4) is 0 Å². The van der Waals surface area contributed by atoms with Crippen LogP contribution in [0, 0.1) is 0 Å². The summed E-state index contributed by atoms with van der Waals surface area (Å²) in [6, 6.07) is 7.32. The lowest BCUT2D eigenvalue weighted by Gasteiger charge is -2.37. The Hall–Kier alpha value is -2.45. The van der Waals surface area contributed by atoms with Crippen LogP contribution in [0.25, 0.3) is 0 Å². The first-order chi connectivity index (χ1) is 13.8. The minimum Gasteiger partial charge on any atom is -0.373 e. The van der Waals surface area contributed by atoms with E-state index in [0.29, 0.717) is 31.5 Å². The van der Waals surface area contributed by atoms with Gasteiger partial charge in [0.1, 0.15) is 5.54 Å². The minimum absolute atomic E-state index is 0.0373. The average Bonchev–Trinajstić information content (AvgIpc) is 2.94. The van der Waals surface area contributed by atoms with Gasteiger partial charge in [-0.15, -0.1) is 0 Å². The molecule has 8 nitrogen and oxygen atoms in total. The van der Waals surface area contributed by atoms with Crippen molar-refractivity contribution in [3.63, 3.8) is 0 Å². The summed E-state index contributed by atoms with van der Waals surface area (Å²) in [5.74, 6) is -0.324. The van der Waals surface area contributed by atoms with Crippen LogP contribution >= 0.6 is 0 Å². The van der Waals surface area contributed by atoms with Crippen molar-refractivity contribution in [1.29, 1.82) is 0 Å². The van der Waals surface area contributed by atoms with E-state index in [1.807, 2.05) is 24.3 Å². The third-order valence-electron chi connectivity index (χ3n) is 6.02. The number of piperidine rings is 1. The second kappa shape index (κ2) is 7.76. The Morgan fingerprint density at radius 2 is 1.72 bits per heavy atom. The number of nitrogens with one attached hydrogen (secondary N) is 2. The monoisotopic (exact) mass is 400 g/mol. The van der Waals surface area contributed by atoms with Gasteiger partial charge in [0.25, 0.3) is 11.8 Å². The number of ether oxygens (including phenoxy) is 1. The molecule has 0 saturated carbocycles. The molecular formula is C21H28N4O4. The standard InChI is InChI=1S/C21H28N4O4/c1-14-11-24(12-15(2)29-14)13-16-3-5-17(6-4-16)18(26)25-9-7-21(8-10-25)19(27)22-20(28)23-21/h3-6,14-15H,7-13H2,1-2H3,(H2,22,23,27,28)/t14-,15-/m0/s1. The molecule has 4 rings (SSSR count). The number of amides is 4. The third kappa shape index (κ3) is 4.13. The lowest BCUT2D eigenvalue weighted by atomic mass is 9.87. The van der Waals surface area contributed by atoms with E-state index in [1.54, 1.807) is 4.90 Å². The molecule has 1 aromatic carbocycles. The van der Waals surface area contributed by atoms with E-state index in [4.69, 9.17) is 4.74 Å². The molecule has 156 valence electrons. The molecule has 1 aromatic rings. The Kier molecular flexibility index (Phi) is 5.31. The molecule has 1 spiro atoms. The molecule has 3 fully saturated rings. The highest BCUT2D eigenvalue weighted by Crippen LogP contribution is 2.26. The van der Waals surface area contributed by atoms with Crippen LogP contribution in [0.4, 0.5) is 4.79 Å². The number of benzene rings is 1. The summed E-state index contributed by atoms with van der Waals surface area (Å²) in [5, 5.41) is 5.01. The van der Waals surface area contributed by atoms with Gasteiger partial charge in [-0.05, 0) is 44.4 Å². The molecule has 0 bridgehead atoms. The number of carbonyl (C=O) groups is 3. The van der Waals surface area contributed by atoms with Crippen LogP contribution in [0.5, 0.6) is 0 Å². The number of likely N-dealkylation sites (tertiary alicyclic amines) is 1. The Morgan fingerprint density at radius 3 is 2.28 bits per heavy atom. The zero-order valence-corrected chi connectivity index (χ0v) is 16.9. The van der Waals surface area contributed by atoms with Crippen molar-refractivity contribution in [3.05, 3.63) is 35.4 Å². The summed E-state index contributed by atoms with van der Waals surface area (Å²) in [7, 11) is 0. The Bertz CT molecular complexity index is 791. The number of hydrogen-bond acceptors (Lipinski definition) is 5. The van der Waals surface area contributed by atoms with Gasteiger partial charge in [-0.3, -0.25) is 19.8 Å². The molecule has 0 aromatic heterocycles. The van der Waals surface area contributed by atoms with Gasteiger partial charge in [-0.2, -0.15) is 0 Å². The maximum Gasteiger partial charge on any atom is 0.322 e. The number of imide groups is 1. The van der Waals surface area contributed by atoms with Crippen molar-refractivity contribution in [2.24, 2.45) is 0 Å². The van der Waals surface area contributed by atoms with Crippen LogP contribution in [-0.4, -0.2) is 71.6 Å². The smallest absolute Gasteiger partial charge is 0.322 e. The first kappa shape index (κ1) is 19.8. The summed E-state index contributed by atoms with van der Waals surface area (Å²) >= 11 is 0. The van der Waals surface area contributed by atoms with E-state index in [2.05, 4.69) is 29.4 Å². The predicted molar refractivity (Wildman–Crippen MR) is 106 cm³/mol. The van der Waals surface area contributed by atoms with Crippen molar-refractivity contribution in [3.8, 4) is 0 Å². The Balaban J connectivity index is 1.34. The molecule has 0 radical (unpaired) electrons. The highest BCUT2D eigenvalue weighted by atomic mass is 16.5. The van der Waals surface area contributed by atoms with Gasteiger partial charge in [0, 0.05) is 38.3 Å². The minimum atomic E-state index is -0.857. The van der Waals surface area contributed by atoms with Crippen LogP contribution in [0.1, 0.15) is 42.6 Å². The van der Waals surface area contributed by atoms with E-state index in [9.17, 15) is 14.4 Å². The lowest BCUT2D eigenvalue weighted by molar-refractivity contribution is -0.125. The fourth-order valence-electron chi connectivity index (χ4n) is 4.58. The highest BCUT2D eigenvalue weighted by Gasteiger charge is 2.48. The second-order valence-electron chi connectivity index (χ2n) is 8.43. The largest absolute Gasteiger partial charge is 0.373 e. The quantitative estimate of drug-likeness (QED) is 0.742. The van der Waals surface area contributed by atoms with Gasteiger partial charge in [-0.25, -0.2) is 4.79 Å². The third-order valence-corrected chi connectivity index (χ3v) is 6.02. The molecule has 0 unspecified atom stereocenters. The van der Waals surface area contributed by atoms with Crippen LogP contribution in [0.2, 0.25) is 0 Å². The average molecular weight is 400 g/mol. The molecule has 29 heavy (non-hydrogen) atoms. The van der Waals surface area contributed by atoms with Gasteiger partial charge in [0.15, 0.2) is 0 Å². The second-order valence-corrected chi connectivity index (χ2v) is 8.43. The molecule has 3 saturated heterocycles. The number of urea groups is 1. The van der Waals surface area contributed by atoms with Crippen LogP contribution < -0.4 is 10.6 Å². The van der Waals surface area contributed by atoms with Gasteiger partial charge < -0.3 is 15.0 Å². The van der Waals surface area contributed by atoms with Gasteiger partial charge in [-0.1, -0.05) is 12.1 Å². The van der Waals surface area contributed by atoms with E-state index < -0.39 is 11.6 Å². The van der Waals surface area contributed by atoms with Gasteiger partial charge in [0.2, 0.25) is 0 Å². The molecule has 8 heteroatoms. The number of nitrogens with zero attached hydrogens (tertiary/aromatic N) is 2. The number of morpholine rings is 1. The Labute approximate surface area is 170 Å². The van der Waals surface area contributed by atoms with E-state index >= 15 is 0 Å². The summed E-state index contributed by atoms with van der Waals surface area (Å²) < 4.78 is 5.78. The maximum absolute atomic E-state index is 12.8. The summed E-state index contributed by atoms with van der Waals surface area (Å²) in [6.07, 6.45) is 1.33. The molecular weight excluding hydrogens is 372 g/mol. The summed E-state index contributed by atoms with van der Waals surface area (Å²) in [4.78, 5) is 40.5. The molecule has 0 aliphatic carbocycles. The van der Waals surface area contributed by atoms with Crippen LogP contribution in [-0.2, 0) is 16.1 Å². The van der Waals surface area contributed by atoms with Crippen LogP contribution in [0.15, 0.2) is 24.3 Å². The topological polar surface area (TPSA) is 91.0 Å². The van der Waals surface area contributed by atoms with Gasteiger partial charge in [0.05, 0.1) is 12.2 Å². The summed E-state index contributed by atoms with van der Waals surface area (Å²) in [5.41, 5.74) is 0.962. The van der Waals surface area contributed by atoms with E-state index in [0.717, 1.165) is 19.6 Å². The first-order valence-electron chi connectivity index (χ1n) is 10.2. The Morgan fingerprint density at radius 1 is 1.10 bits per heavy atom. The van der Waals surface area contributed by atoms with Crippen molar-refractivity contribution in [1.82, 2.24) is 20.4 Å². The molecule has 2 N–H and O–H groups in total.